The van der Waals surface area contributed by atoms with Crippen LogP contribution in [-0.2, 0) is 14.2 Å². The molecule has 3 aliphatic rings. The minimum absolute atomic E-state index is 0.107. The van der Waals surface area contributed by atoms with E-state index in [9.17, 15) is 35.3 Å². The zero-order chi connectivity index (χ0) is 31.1. The Kier molecular flexibility index (Phi) is 8.63. The highest BCUT2D eigenvalue weighted by Gasteiger charge is 2.69. The van der Waals surface area contributed by atoms with Crippen LogP contribution < -0.4 is 0 Å². The van der Waals surface area contributed by atoms with Gasteiger partial charge in [-0.2, -0.15) is 5.26 Å². The van der Waals surface area contributed by atoms with Crippen molar-refractivity contribution in [3.63, 3.8) is 0 Å². The number of hydrogen-bond donors (Lipinski definition) is 4. The molecule has 10 atom stereocenters. The molecule has 12 nitrogen and oxygen atoms in total. The number of ketones is 1. The molecule has 5 rings (SSSR count). The van der Waals surface area contributed by atoms with Crippen molar-refractivity contribution in [3.05, 3.63) is 71.8 Å². The number of rotatable bonds is 6. The van der Waals surface area contributed by atoms with Crippen LogP contribution in [0.1, 0.15) is 41.0 Å². The first-order valence-corrected chi connectivity index (χ1v) is 14.0. The van der Waals surface area contributed by atoms with Gasteiger partial charge in [-0.1, -0.05) is 48.5 Å². The molecule has 4 N–H and O–H groups in total. The van der Waals surface area contributed by atoms with E-state index in [4.69, 9.17) is 14.2 Å². The highest BCUT2D eigenvalue weighted by atomic mass is 16.8. The van der Waals surface area contributed by atoms with Gasteiger partial charge in [-0.05, 0) is 33.0 Å². The number of Topliss-reactive ketones (excluding diaryl/α,β-unsaturated/α-hetero) is 1. The second-order valence-electron chi connectivity index (χ2n) is 11.5. The van der Waals surface area contributed by atoms with Crippen LogP contribution in [0.5, 0.6) is 0 Å². The molecule has 0 aromatic heterocycles. The van der Waals surface area contributed by atoms with Crippen LogP contribution in [0.15, 0.2) is 65.7 Å². The molecule has 1 saturated carbocycles. The number of aliphatic hydroxyl groups excluding tert-OH is 2. The number of carbonyl (C=O) groups excluding carboxylic acids is 2. The number of benzene rings is 2. The van der Waals surface area contributed by atoms with Crippen LogP contribution in [0.3, 0.4) is 0 Å². The molecular weight excluding hydrogens is 558 g/mol. The minimum Gasteiger partial charge on any atom is -0.391 e. The lowest BCUT2D eigenvalue weighted by Gasteiger charge is -2.59. The summed E-state index contributed by atoms with van der Waals surface area (Å²) in [6, 6.07) is 17.4. The number of carbonyl (C=O) groups is 2. The van der Waals surface area contributed by atoms with Gasteiger partial charge in [0.25, 0.3) is 11.7 Å². The van der Waals surface area contributed by atoms with Crippen LogP contribution in [0, 0.1) is 17.2 Å². The average Bonchev–Trinajstić information content (AvgIpc) is 2.98. The predicted octanol–water partition coefficient (Wildman–Crippen LogP) is 0.685. The smallest absolute Gasteiger partial charge is 0.276 e. The van der Waals surface area contributed by atoms with Crippen molar-refractivity contribution in [2.24, 2.45) is 10.9 Å². The molecule has 2 saturated heterocycles. The summed E-state index contributed by atoms with van der Waals surface area (Å²) in [5.41, 5.74) is -1.61. The second kappa shape index (κ2) is 12.0. The molecule has 0 bridgehead atoms. The van der Waals surface area contributed by atoms with Crippen LogP contribution in [-0.4, -0.2) is 111 Å². The molecule has 2 aromatic carbocycles. The van der Waals surface area contributed by atoms with E-state index in [1.807, 2.05) is 0 Å². The number of nitriles is 1. The van der Waals surface area contributed by atoms with E-state index >= 15 is 0 Å². The number of amides is 1. The van der Waals surface area contributed by atoms with Gasteiger partial charge in [0.2, 0.25) is 11.9 Å². The Bertz CT molecular complexity index is 1420. The third-order valence-corrected chi connectivity index (χ3v) is 8.49. The summed E-state index contributed by atoms with van der Waals surface area (Å²) in [5, 5.41) is 55.9. The number of likely N-dealkylation sites (N-methyl/N-ethyl adjacent to an activating group) is 1. The fourth-order valence-electron chi connectivity index (χ4n) is 6.29. The fourth-order valence-corrected chi connectivity index (χ4v) is 6.29. The van der Waals surface area contributed by atoms with Crippen molar-refractivity contribution in [2.75, 3.05) is 13.6 Å². The first-order chi connectivity index (χ1) is 20.4. The van der Waals surface area contributed by atoms with Gasteiger partial charge < -0.3 is 34.6 Å². The van der Waals surface area contributed by atoms with Gasteiger partial charge in [-0.15, -0.1) is 0 Å². The lowest BCUT2D eigenvalue weighted by molar-refractivity contribution is -0.477. The quantitative estimate of drug-likeness (QED) is 0.210. The summed E-state index contributed by atoms with van der Waals surface area (Å²) in [7, 11) is 1.55. The summed E-state index contributed by atoms with van der Waals surface area (Å²) < 4.78 is 17.8. The van der Waals surface area contributed by atoms with Gasteiger partial charge >= 0.3 is 0 Å². The second-order valence-corrected chi connectivity index (χ2v) is 11.5. The highest BCUT2D eigenvalue weighted by Crippen LogP contribution is 2.47. The largest absolute Gasteiger partial charge is 0.391 e. The molecule has 1 aliphatic carbocycles. The molecule has 2 aromatic rings. The zero-order valence-electron chi connectivity index (χ0n) is 24.0. The Labute approximate surface area is 248 Å². The first-order valence-electron chi connectivity index (χ1n) is 14.0. The zero-order valence-corrected chi connectivity index (χ0v) is 24.0. The monoisotopic (exact) mass is 593 g/mol. The maximum absolute atomic E-state index is 13.2. The van der Waals surface area contributed by atoms with Gasteiger partial charge in [-0.25, -0.2) is 4.99 Å². The Balaban J connectivity index is 1.53. The molecule has 12 heteroatoms. The number of hydrogen-bond acceptors (Lipinski definition) is 11. The molecule has 1 amide bonds. The Hall–Kier alpha value is -3.38. The maximum atomic E-state index is 13.2. The number of ether oxygens (including phenoxy) is 3. The Morgan fingerprint density at radius 1 is 1.00 bits per heavy atom. The lowest BCUT2D eigenvalue weighted by Crippen LogP contribution is -2.79. The SMILES string of the molecule is C/C(=N/C(=O)c1ccccc1)[C@@H]1C(O)[C@H](N(C)CC(=O)c2ccccc2)C2O[C@]3(O)C(OC2[C@H]1O)O[C@H](C)C[C@]3(O)C#N. The summed E-state index contributed by atoms with van der Waals surface area (Å²) in [6.07, 6.45) is -8.36. The Morgan fingerprint density at radius 2 is 1.60 bits per heavy atom. The van der Waals surface area contributed by atoms with E-state index < -0.39 is 66.1 Å². The number of aliphatic hydroxyl groups is 4. The molecule has 2 aliphatic heterocycles. The Morgan fingerprint density at radius 3 is 2.21 bits per heavy atom. The van der Waals surface area contributed by atoms with Crippen molar-refractivity contribution in [3.8, 4) is 6.07 Å². The van der Waals surface area contributed by atoms with Gasteiger partial charge in [0.1, 0.15) is 18.3 Å². The van der Waals surface area contributed by atoms with Crippen LogP contribution in [0.4, 0.5) is 0 Å². The van der Waals surface area contributed by atoms with E-state index in [-0.39, 0.29) is 24.5 Å². The molecule has 0 radical (unpaired) electrons. The summed E-state index contributed by atoms with van der Waals surface area (Å²) in [5.74, 6) is -4.71. The van der Waals surface area contributed by atoms with E-state index in [0.29, 0.717) is 11.1 Å². The van der Waals surface area contributed by atoms with Crippen molar-refractivity contribution >= 4 is 17.4 Å². The van der Waals surface area contributed by atoms with E-state index in [1.54, 1.807) is 80.7 Å². The van der Waals surface area contributed by atoms with Gasteiger partial charge in [0.05, 0.1) is 36.8 Å². The third kappa shape index (κ3) is 5.55. The van der Waals surface area contributed by atoms with Crippen molar-refractivity contribution in [1.29, 1.82) is 5.26 Å². The average molecular weight is 594 g/mol. The summed E-state index contributed by atoms with van der Waals surface area (Å²) in [4.78, 5) is 31.7. The normalized spacial score (nSPS) is 37.6. The molecule has 4 unspecified atom stereocenters. The molecular formula is C31H35N3O9. The minimum atomic E-state index is -2.68. The van der Waals surface area contributed by atoms with E-state index in [2.05, 4.69) is 4.99 Å². The molecule has 3 fully saturated rings. The van der Waals surface area contributed by atoms with Gasteiger partial charge in [-0.3, -0.25) is 14.5 Å². The van der Waals surface area contributed by atoms with Crippen LogP contribution >= 0.6 is 0 Å². The van der Waals surface area contributed by atoms with Crippen molar-refractivity contribution < 1.29 is 44.2 Å². The van der Waals surface area contributed by atoms with Crippen LogP contribution in [0.25, 0.3) is 0 Å². The van der Waals surface area contributed by atoms with Crippen molar-refractivity contribution in [2.45, 2.75) is 74.5 Å². The molecule has 0 spiro atoms. The van der Waals surface area contributed by atoms with Crippen LogP contribution in [0.2, 0.25) is 0 Å². The third-order valence-electron chi connectivity index (χ3n) is 8.49. The number of nitrogens with zero attached hydrogens (tertiary/aromatic N) is 3. The molecule has 43 heavy (non-hydrogen) atoms. The fraction of sp³-hybridized carbons (Fsp3) is 0.484. The predicted molar refractivity (Wildman–Crippen MR) is 151 cm³/mol. The number of fused-ring (bicyclic) bond motifs is 2. The van der Waals surface area contributed by atoms with Gasteiger partial charge in [0, 0.05) is 23.3 Å². The first kappa shape index (κ1) is 31.1. The molecule has 2 heterocycles. The standard InChI is InChI=1S/C31H35N3O9/c1-17-14-30(39,16-32)31(40)29(41-17)42-27-25(37)22(18(2)33-28(38)20-12-8-5-9-13-20)24(36)23(26(27)43-31)34(3)15-21(35)19-10-6-4-7-11-19/h4-13,17,22-27,29,36-37,39-40H,14-15H2,1-3H3/b33-18-/t17-,22-,23+,24?,25+,26?,27?,29?,30+,31-/m1/s1. The highest BCUT2D eigenvalue weighted by molar-refractivity contribution is 6.04. The van der Waals surface area contributed by atoms with E-state index in [1.165, 1.54) is 11.8 Å². The van der Waals surface area contributed by atoms with Gasteiger partial charge in [0.15, 0.2) is 5.78 Å². The summed E-state index contributed by atoms with van der Waals surface area (Å²) in [6.45, 7) is 2.87. The topological polar surface area (TPSA) is 182 Å². The maximum Gasteiger partial charge on any atom is 0.276 e. The lowest BCUT2D eigenvalue weighted by atomic mass is 9.72. The molecule has 228 valence electrons. The summed E-state index contributed by atoms with van der Waals surface area (Å²) >= 11 is 0. The number of aliphatic imine (C=N–C) groups is 1. The van der Waals surface area contributed by atoms with E-state index in [0.717, 1.165) is 0 Å². The van der Waals surface area contributed by atoms with Crippen molar-refractivity contribution in [1.82, 2.24) is 4.90 Å².